The number of aliphatic hydroxyl groups excluding tert-OH is 1. The van der Waals surface area contributed by atoms with E-state index in [2.05, 4.69) is 36.1 Å². The van der Waals surface area contributed by atoms with Crippen molar-refractivity contribution in [3.63, 3.8) is 0 Å². The van der Waals surface area contributed by atoms with Gasteiger partial charge < -0.3 is 10.0 Å². The zero-order valence-electron chi connectivity index (χ0n) is 13.3. The number of hydrogen-bond acceptors (Lipinski definition) is 2. The molecule has 0 bridgehead atoms. The molecule has 0 spiro atoms. The van der Waals surface area contributed by atoms with Crippen LogP contribution in [0.2, 0.25) is 0 Å². The summed E-state index contributed by atoms with van der Waals surface area (Å²) in [7, 11) is 0. The molecular weight excluding hydrogens is 258 g/mol. The van der Waals surface area contributed by atoms with Crippen molar-refractivity contribution in [2.45, 2.75) is 51.6 Å². The zero-order chi connectivity index (χ0) is 14.7. The van der Waals surface area contributed by atoms with Crippen molar-refractivity contribution in [3.05, 3.63) is 35.4 Å². The molecule has 21 heavy (non-hydrogen) atoms. The van der Waals surface area contributed by atoms with Gasteiger partial charge in [0, 0.05) is 19.6 Å². The maximum absolute atomic E-state index is 10.3. The normalized spacial score (nSPS) is 30.7. The molecule has 1 aliphatic heterocycles. The van der Waals surface area contributed by atoms with E-state index in [1.807, 2.05) is 0 Å². The molecule has 1 aromatic rings. The second-order valence-corrected chi connectivity index (χ2v) is 6.98. The number of rotatable bonds is 3. The summed E-state index contributed by atoms with van der Waals surface area (Å²) in [6.45, 7) is 5.68. The Morgan fingerprint density at radius 2 is 1.76 bits per heavy atom. The third-order valence-corrected chi connectivity index (χ3v) is 5.63. The number of fused-ring (bicyclic) bond motifs is 1. The molecular formula is C19H29NO. The highest BCUT2D eigenvalue weighted by Gasteiger charge is 2.30. The van der Waals surface area contributed by atoms with Crippen LogP contribution in [0.5, 0.6) is 0 Å². The van der Waals surface area contributed by atoms with Crippen molar-refractivity contribution >= 4 is 0 Å². The van der Waals surface area contributed by atoms with Gasteiger partial charge in [-0.15, -0.1) is 0 Å². The number of aliphatic hydroxyl groups is 1. The van der Waals surface area contributed by atoms with Crippen LogP contribution in [-0.2, 0) is 12.8 Å². The molecule has 3 unspecified atom stereocenters. The summed E-state index contributed by atoms with van der Waals surface area (Å²) in [4.78, 5) is 2.59. The Morgan fingerprint density at radius 3 is 2.38 bits per heavy atom. The van der Waals surface area contributed by atoms with Crippen molar-refractivity contribution in [2.75, 3.05) is 19.6 Å². The van der Waals surface area contributed by atoms with Gasteiger partial charge in [0.05, 0.1) is 6.10 Å². The van der Waals surface area contributed by atoms with Crippen LogP contribution in [0.4, 0.5) is 0 Å². The van der Waals surface area contributed by atoms with Gasteiger partial charge in [-0.25, -0.2) is 0 Å². The molecule has 2 heteroatoms. The number of hydrogen-bond donors (Lipinski definition) is 1. The van der Waals surface area contributed by atoms with E-state index in [0.717, 1.165) is 44.8 Å². The lowest BCUT2D eigenvalue weighted by Crippen LogP contribution is -2.40. The van der Waals surface area contributed by atoms with Gasteiger partial charge in [-0.2, -0.15) is 0 Å². The number of benzene rings is 1. The van der Waals surface area contributed by atoms with E-state index in [4.69, 9.17) is 0 Å². The molecule has 3 atom stereocenters. The highest BCUT2D eigenvalue weighted by molar-refractivity contribution is 5.28. The first kappa shape index (κ1) is 15.1. The average Bonchev–Trinajstić information content (AvgIpc) is 2.72. The summed E-state index contributed by atoms with van der Waals surface area (Å²) in [5.41, 5.74) is 3.05. The maximum atomic E-state index is 10.3. The van der Waals surface area contributed by atoms with Crippen molar-refractivity contribution in [3.8, 4) is 0 Å². The predicted molar refractivity (Wildman–Crippen MR) is 87.4 cm³/mol. The van der Waals surface area contributed by atoms with Gasteiger partial charge in [0.15, 0.2) is 0 Å². The Labute approximate surface area is 129 Å². The molecule has 1 N–H and O–H groups in total. The first-order chi connectivity index (χ1) is 10.3. The zero-order valence-corrected chi connectivity index (χ0v) is 13.3. The van der Waals surface area contributed by atoms with Crippen LogP contribution in [0, 0.1) is 11.8 Å². The SMILES string of the molecule is CCC1CCC(O)C(CN2CCc3ccccc3CC2)C1. The van der Waals surface area contributed by atoms with Crippen LogP contribution in [-0.4, -0.2) is 35.7 Å². The maximum Gasteiger partial charge on any atom is 0.0580 e. The first-order valence-corrected chi connectivity index (χ1v) is 8.73. The molecule has 1 fully saturated rings. The van der Waals surface area contributed by atoms with Gasteiger partial charge in [0.2, 0.25) is 0 Å². The van der Waals surface area contributed by atoms with E-state index in [1.54, 1.807) is 0 Å². The minimum absolute atomic E-state index is 0.0709. The van der Waals surface area contributed by atoms with Gasteiger partial charge in [0.25, 0.3) is 0 Å². The molecule has 116 valence electrons. The monoisotopic (exact) mass is 287 g/mol. The van der Waals surface area contributed by atoms with E-state index in [0.29, 0.717) is 5.92 Å². The molecule has 1 aromatic carbocycles. The van der Waals surface area contributed by atoms with Gasteiger partial charge in [0.1, 0.15) is 0 Å². The summed E-state index contributed by atoms with van der Waals surface area (Å²) < 4.78 is 0. The lowest BCUT2D eigenvalue weighted by atomic mass is 9.78. The summed E-state index contributed by atoms with van der Waals surface area (Å²) in [6, 6.07) is 8.87. The van der Waals surface area contributed by atoms with E-state index in [9.17, 15) is 5.11 Å². The standard InChI is InChI=1S/C19H29NO/c1-2-15-7-8-19(21)18(13-15)14-20-11-9-16-5-3-4-6-17(16)10-12-20/h3-6,15,18-19,21H,2,7-14H2,1H3. The Kier molecular flexibility index (Phi) is 4.97. The van der Waals surface area contributed by atoms with Crippen molar-refractivity contribution in [2.24, 2.45) is 11.8 Å². The van der Waals surface area contributed by atoms with Gasteiger partial charge in [-0.05, 0) is 55.1 Å². The quantitative estimate of drug-likeness (QED) is 0.922. The third kappa shape index (κ3) is 3.67. The number of nitrogens with zero attached hydrogens (tertiary/aromatic N) is 1. The topological polar surface area (TPSA) is 23.5 Å². The van der Waals surface area contributed by atoms with Crippen LogP contribution in [0.3, 0.4) is 0 Å². The molecule has 1 heterocycles. The van der Waals surface area contributed by atoms with Crippen LogP contribution >= 0.6 is 0 Å². The van der Waals surface area contributed by atoms with Gasteiger partial charge in [-0.1, -0.05) is 37.6 Å². The Morgan fingerprint density at radius 1 is 1.10 bits per heavy atom. The van der Waals surface area contributed by atoms with Crippen molar-refractivity contribution in [1.29, 1.82) is 0 Å². The van der Waals surface area contributed by atoms with Crippen molar-refractivity contribution in [1.82, 2.24) is 4.90 Å². The Balaban J connectivity index is 1.58. The second-order valence-electron chi connectivity index (χ2n) is 6.98. The van der Waals surface area contributed by atoms with Crippen LogP contribution in [0.25, 0.3) is 0 Å². The fourth-order valence-electron chi connectivity index (χ4n) is 4.14. The average molecular weight is 287 g/mol. The van der Waals surface area contributed by atoms with E-state index >= 15 is 0 Å². The van der Waals surface area contributed by atoms with E-state index < -0.39 is 0 Å². The molecule has 0 aromatic heterocycles. The fraction of sp³-hybridized carbons (Fsp3) is 0.684. The molecule has 1 aliphatic carbocycles. The van der Waals surface area contributed by atoms with Crippen LogP contribution in [0.1, 0.15) is 43.7 Å². The molecule has 3 rings (SSSR count). The van der Waals surface area contributed by atoms with Crippen LogP contribution < -0.4 is 0 Å². The van der Waals surface area contributed by atoms with Gasteiger partial charge >= 0.3 is 0 Å². The minimum atomic E-state index is -0.0709. The van der Waals surface area contributed by atoms with Crippen LogP contribution in [0.15, 0.2) is 24.3 Å². The summed E-state index contributed by atoms with van der Waals surface area (Å²) in [5.74, 6) is 1.33. The lowest BCUT2D eigenvalue weighted by molar-refractivity contribution is 0.0274. The van der Waals surface area contributed by atoms with E-state index in [1.165, 1.54) is 30.4 Å². The van der Waals surface area contributed by atoms with Crippen molar-refractivity contribution < 1.29 is 5.11 Å². The van der Waals surface area contributed by atoms with Gasteiger partial charge in [-0.3, -0.25) is 0 Å². The molecule has 2 nitrogen and oxygen atoms in total. The second kappa shape index (κ2) is 6.93. The Bertz CT molecular complexity index is 432. The third-order valence-electron chi connectivity index (χ3n) is 5.63. The largest absolute Gasteiger partial charge is 0.393 e. The highest BCUT2D eigenvalue weighted by atomic mass is 16.3. The lowest BCUT2D eigenvalue weighted by Gasteiger charge is -2.36. The minimum Gasteiger partial charge on any atom is -0.393 e. The molecule has 0 saturated heterocycles. The summed E-state index contributed by atoms with van der Waals surface area (Å²) in [6.07, 6.45) is 6.98. The molecule has 0 radical (unpaired) electrons. The smallest absolute Gasteiger partial charge is 0.0580 e. The summed E-state index contributed by atoms with van der Waals surface area (Å²) in [5, 5.41) is 10.3. The first-order valence-electron chi connectivity index (χ1n) is 8.73. The molecule has 1 saturated carbocycles. The molecule has 0 amide bonds. The molecule has 2 aliphatic rings. The predicted octanol–water partition coefficient (Wildman–Crippen LogP) is 3.27. The Hall–Kier alpha value is -0.860. The highest BCUT2D eigenvalue weighted by Crippen LogP contribution is 2.32. The van der Waals surface area contributed by atoms with E-state index in [-0.39, 0.29) is 6.10 Å². The fourth-order valence-corrected chi connectivity index (χ4v) is 4.14. The summed E-state index contributed by atoms with van der Waals surface area (Å²) >= 11 is 0.